The van der Waals surface area contributed by atoms with Crippen LogP contribution in [-0.4, -0.2) is 24.5 Å². The zero-order valence-electron chi connectivity index (χ0n) is 11.3. The van der Waals surface area contributed by atoms with Gasteiger partial charge in [0.25, 0.3) is 0 Å². The number of rotatable bonds is 4. The summed E-state index contributed by atoms with van der Waals surface area (Å²) >= 11 is 0. The van der Waals surface area contributed by atoms with E-state index >= 15 is 0 Å². The molecule has 0 N–H and O–H groups in total. The van der Waals surface area contributed by atoms with Gasteiger partial charge >= 0.3 is 0 Å². The molecule has 1 fully saturated rings. The number of hydrogen-bond acceptors (Lipinski definition) is 3. The fourth-order valence-corrected chi connectivity index (χ4v) is 1.81. The van der Waals surface area contributed by atoms with E-state index in [-0.39, 0.29) is 6.10 Å². The minimum atomic E-state index is 0.186. The Hall–Kier alpha value is -1.01. The zero-order valence-corrected chi connectivity index (χ0v) is 11.3. The Bertz CT molecular complexity index is 312. The molecule has 0 unspecified atom stereocenters. The standard InChI is InChI=1S/C14H23NO2/c1-5-7-14(11(2)3)15-16-10-13-9-6-8-12(4)17-13/h11-13H,6,8-10H2,1-4H3/b15-14+/t12-,13+/m0/s1. The van der Waals surface area contributed by atoms with Crippen molar-refractivity contribution in [2.24, 2.45) is 11.1 Å². The Morgan fingerprint density at radius 2 is 2.24 bits per heavy atom. The fraction of sp³-hybridized carbons (Fsp3) is 0.786. The van der Waals surface area contributed by atoms with Gasteiger partial charge in [-0.05, 0) is 39.0 Å². The van der Waals surface area contributed by atoms with Crippen molar-refractivity contribution in [1.82, 2.24) is 0 Å². The van der Waals surface area contributed by atoms with Crippen LogP contribution < -0.4 is 0 Å². The van der Waals surface area contributed by atoms with Crippen molar-refractivity contribution in [3.8, 4) is 11.8 Å². The van der Waals surface area contributed by atoms with Crippen LogP contribution in [0.1, 0.15) is 47.0 Å². The summed E-state index contributed by atoms with van der Waals surface area (Å²) in [5.41, 5.74) is 0.802. The summed E-state index contributed by atoms with van der Waals surface area (Å²) in [4.78, 5) is 5.36. The first-order chi connectivity index (χ1) is 8.13. The molecule has 1 saturated heterocycles. The third kappa shape index (κ3) is 5.23. The smallest absolute Gasteiger partial charge is 0.143 e. The quantitative estimate of drug-likeness (QED) is 0.427. The summed E-state index contributed by atoms with van der Waals surface area (Å²) in [7, 11) is 0. The second kappa shape index (κ2) is 7.34. The second-order valence-electron chi connectivity index (χ2n) is 4.80. The molecule has 3 nitrogen and oxygen atoms in total. The van der Waals surface area contributed by atoms with Gasteiger partial charge < -0.3 is 9.57 Å². The lowest BCUT2D eigenvalue weighted by Gasteiger charge is -2.26. The molecule has 17 heavy (non-hydrogen) atoms. The van der Waals surface area contributed by atoms with Gasteiger partial charge in [0.05, 0.1) is 12.2 Å². The van der Waals surface area contributed by atoms with Crippen molar-refractivity contribution in [2.45, 2.75) is 59.2 Å². The predicted molar refractivity (Wildman–Crippen MR) is 69.9 cm³/mol. The van der Waals surface area contributed by atoms with Gasteiger partial charge in [-0.25, -0.2) is 0 Å². The molecule has 96 valence electrons. The highest BCUT2D eigenvalue weighted by atomic mass is 16.6. The summed E-state index contributed by atoms with van der Waals surface area (Å²) in [5.74, 6) is 6.12. The molecule has 0 aromatic rings. The Kier molecular flexibility index (Phi) is 6.07. The van der Waals surface area contributed by atoms with Crippen molar-refractivity contribution >= 4 is 5.71 Å². The third-order valence-electron chi connectivity index (χ3n) is 2.78. The summed E-state index contributed by atoms with van der Waals surface area (Å²) in [6.45, 7) is 8.57. The van der Waals surface area contributed by atoms with E-state index in [1.807, 2.05) is 6.92 Å². The predicted octanol–water partition coefficient (Wildman–Crippen LogP) is 3.00. The summed E-state index contributed by atoms with van der Waals surface area (Å²) < 4.78 is 5.76. The molecule has 2 atom stereocenters. The molecule has 0 aromatic carbocycles. The minimum Gasteiger partial charge on any atom is -0.392 e. The van der Waals surface area contributed by atoms with Crippen LogP contribution in [0.4, 0.5) is 0 Å². The minimum absolute atomic E-state index is 0.186. The number of hydrogen-bond donors (Lipinski definition) is 0. The van der Waals surface area contributed by atoms with Crippen molar-refractivity contribution in [2.75, 3.05) is 6.61 Å². The summed E-state index contributed by atoms with van der Waals surface area (Å²) in [6.07, 6.45) is 3.96. The van der Waals surface area contributed by atoms with Crippen LogP contribution in [0, 0.1) is 17.8 Å². The van der Waals surface area contributed by atoms with E-state index in [1.165, 1.54) is 6.42 Å². The van der Waals surface area contributed by atoms with E-state index in [0.29, 0.717) is 18.6 Å². The van der Waals surface area contributed by atoms with Crippen molar-refractivity contribution in [1.29, 1.82) is 0 Å². The van der Waals surface area contributed by atoms with Gasteiger partial charge in [0, 0.05) is 5.92 Å². The maximum absolute atomic E-state index is 5.76. The SMILES string of the molecule is CC#C/C(=N\OC[C@H]1CCC[C@H](C)O1)C(C)C. The van der Waals surface area contributed by atoms with Crippen LogP contribution in [0.2, 0.25) is 0 Å². The second-order valence-corrected chi connectivity index (χ2v) is 4.80. The number of oxime groups is 1. The molecule has 0 saturated carbocycles. The van der Waals surface area contributed by atoms with Crippen LogP contribution in [-0.2, 0) is 9.57 Å². The first-order valence-corrected chi connectivity index (χ1v) is 6.41. The lowest BCUT2D eigenvalue weighted by atomic mass is 10.1. The Labute approximate surface area is 105 Å². The summed E-state index contributed by atoms with van der Waals surface area (Å²) in [5, 5.41) is 4.10. The van der Waals surface area contributed by atoms with Crippen molar-refractivity contribution in [3.63, 3.8) is 0 Å². The molecule has 0 bridgehead atoms. The molecular weight excluding hydrogens is 214 g/mol. The topological polar surface area (TPSA) is 30.8 Å². The average Bonchev–Trinajstić information content (AvgIpc) is 2.28. The first kappa shape index (κ1) is 14.1. The average molecular weight is 237 g/mol. The molecule has 1 heterocycles. The highest BCUT2D eigenvalue weighted by Gasteiger charge is 2.19. The van der Waals surface area contributed by atoms with Crippen LogP contribution in [0.5, 0.6) is 0 Å². The molecule has 0 aliphatic carbocycles. The zero-order chi connectivity index (χ0) is 12.7. The van der Waals surface area contributed by atoms with Crippen molar-refractivity contribution in [3.05, 3.63) is 0 Å². The number of ether oxygens (including phenoxy) is 1. The maximum atomic E-state index is 5.76. The molecule has 0 aromatic heterocycles. The van der Waals surface area contributed by atoms with Gasteiger partial charge in [0.1, 0.15) is 12.3 Å². The molecule has 1 aliphatic rings. The first-order valence-electron chi connectivity index (χ1n) is 6.41. The molecule has 1 rings (SSSR count). The van der Waals surface area contributed by atoms with Crippen LogP contribution in [0.15, 0.2) is 5.16 Å². The lowest BCUT2D eigenvalue weighted by Crippen LogP contribution is -2.28. The molecular formula is C14H23NO2. The molecule has 0 spiro atoms. The molecule has 3 heteroatoms. The van der Waals surface area contributed by atoms with Crippen LogP contribution in [0.3, 0.4) is 0 Å². The fourth-order valence-electron chi connectivity index (χ4n) is 1.81. The van der Waals surface area contributed by atoms with E-state index in [4.69, 9.17) is 9.57 Å². The van der Waals surface area contributed by atoms with Crippen LogP contribution >= 0.6 is 0 Å². The van der Waals surface area contributed by atoms with Gasteiger partial charge in [-0.2, -0.15) is 0 Å². The normalized spacial score (nSPS) is 25.4. The molecule has 0 amide bonds. The Morgan fingerprint density at radius 3 is 2.82 bits per heavy atom. The van der Waals surface area contributed by atoms with Crippen molar-refractivity contribution < 1.29 is 9.57 Å². The van der Waals surface area contributed by atoms with Gasteiger partial charge in [0.2, 0.25) is 0 Å². The third-order valence-corrected chi connectivity index (χ3v) is 2.78. The van der Waals surface area contributed by atoms with E-state index in [2.05, 4.69) is 37.8 Å². The highest BCUT2D eigenvalue weighted by Crippen LogP contribution is 2.18. The highest BCUT2D eigenvalue weighted by molar-refractivity contribution is 6.01. The van der Waals surface area contributed by atoms with E-state index in [9.17, 15) is 0 Å². The summed E-state index contributed by atoms with van der Waals surface area (Å²) in [6, 6.07) is 0. The Balaban J connectivity index is 2.38. The van der Waals surface area contributed by atoms with Gasteiger partial charge in [0.15, 0.2) is 0 Å². The van der Waals surface area contributed by atoms with Crippen LogP contribution in [0.25, 0.3) is 0 Å². The number of nitrogens with zero attached hydrogens (tertiary/aromatic N) is 1. The maximum Gasteiger partial charge on any atom is 0.143 e. The van der Waals surface area contributed by atoms with Gasteiger partial charge in [-0.15, -0.1) is 0 Å². The largest absolute Gasteiger partial charge is 0.392 e. The monoisotopic (exact) mass is 237 g/mol. The van der Waals surface area contributed by atoms with E-state index in [1.54, 1.807) is 0 Å². The lowest BCUT2D eigenvalue weighted by molar-refractivity contribution is -0.0783. The van der Waals surface area contributed by atoms with Gasteiger partial charge in [-0.3, -0.25) is 0 Å². The van der Waals surface area contributed by atoms with E-state index in [0.717, 1.165) is 18.6 Å². The Morgan fingerprint density at radius 1 is 1.47 bits per heavy atom. The van der Waals surface area contributed by atoms with Gasteiger partial charge in [-0.1, -0.05) is 24.9 Å². The molecule has 0 radical (unpaired) electrons. The molecule has 1 aliphatic heterocycles. The van der Waals surface area contributed by atoms with E-state index < -0.39 is 0 Å².